The number of nitrogens with zero attached hydrogens (tertiary/aromatic N) is 1. The molecular weight excluding hydrogens is 186 g/mol. The smallest absolute Gasteiger partial charge is 0.0635 e. The number of hydrogen-bond donors (Lipinski definition) is 2. The molecule has 0 aromatic heterocycles. The molecule has 0 amide bonds. The van der Waals surface area contributed by atoms with Crippen LogP contribution in [0.15, 0.2) is 18.2 Å². The average molecular weight is 203 g/mol. The Morgan fingerprint density at radius 3 is 3.20 bits per heavy atom. The number of aryl methyl sites for hydroxylation is 1. The second-order valence-electron chi connectivity index (χ2n) is 4.40. The average Bonchev–Trinajstić information content (AvgIpc) is 2.29. The molecule has 3 heteroatoms. The number of benzene rings is 1. The Balaban J connectivity index is 2.05. The molecule has 1 aromatic rings. The zero-order chi connectivity index (χ0) is 10.3. The van der Waals surface area contributed by atoms with Crippen LogP contribution in [0.4, 0.5) is 11.4 Å². The van der Waals surface area contributed by atoms with Gasteiger partial charge in [-0.3, -0.25) is 0 Å². The van der Waals surface area contributed by atoms with Crippen molar-refractivity contribution in [2.75, 3.05) is 36.4 Å². The third kappa shape index (κ3) is 1.38. The lowest BCUT2D eigenvalue weighted by molar-refractivity contribution is 0.481. The molecule has 3 nitrogen and oxygen atoms in total. The standard InChI is InChI=1S/C12H17N3/c1-9-3-2-4-11-12(9)15-6-5-13-7-10(15)8-14-11/h2-4,10,13-14H,5-8H2,1H3. The quantitative estimate of drug-likeness (QED) is 0.663. The van der Waals surface area contributed by atoms with Gasteiger partial charge in [0, 0.05) is 26.2 Å². The first kappa shape index (κ1) is 9.04. The van der Waals surface area contributed by atoms with Gasteiger partial charge in [0.2, 0.25) is 0 Å². The van der Waals surface area contributed by atoms with Crippen molar-refractivity contribution in [3.05, 3.63) is 23.8 Å². The van der Waals surface area contributed by atoms with Crippen molar-refractivity contribution in [1.82, 2.24) is 5.32 Å². The highest BCUT2D eigenvalue weighted by Crippen LogP contribution is 2.34. The summed E-state index contributed by atoms with van der Waals surface area (Å²) in [5.41, 5.74) is 4.09. The van der Waals surface area contributed by atoms with Crippen molar-refractivity contribution in [1.29, 1.82) is 0 Å². The monoisotopic (exact) mass is 203 g/mol. The fourth-order valence-corrected chi connectivity index (χ4v) is 2.65. The maximum absolute atomic E-state index is 3.52. The molecular formula is C12H17N3. The van der Waals surface area contributed by atoms with E-state index < -0.39 is 0 Å². The van der Waals surface area contributed by atoms with Crippen molar-refractivity contribution in [2.24, 2.45) is 0 Å². The number of rotatable bonds is 0. The Morgan fingerprint density at radius 1 is 1.33 bits per heavy atom. The van der Waals surface area contributed by atoms with Crippen LogP contribution in [0, 0.1) is 6.92 Å². The van der Waals surface area contributed by atoms with Crippen LogP contribution in [0.2, 0.25) is 0 Å². The summed E-state index contributed by atoms with van der Waals surface area (Å²) in [7, 11) is 0. The summed E-state index contributed by atoms with van der Waals surface area (Å²) < 4.78 is 0. The number of para-hydroxylation sites is 1. The molecule has 15 heavy (non-hydrogen) atoms. The first-order valence-electron chi connectivity index (χ1n) is 5.67. The minimum Gasteiger partial charge on any atom is -0.381 e. The van der Waals surface area contributed by atoms with E-state index in [1.165, 1.54) is 16.9 Å². The van der Waals surface area contributed by atoms with E-state index in [-0.39, 0.29) is 0 Å². The number of hydrogen-bond acceptors (Lipinski definition) is 3. The largest absolute Gasteiger partial charge is 0.381 e. The Hall–Kier alpha value is -1.22. The molecule has 1 fully saturated rings. The minimum absolute atomic E-state index is 0.618. The lowest BCUT2D eigenvalue weighted by atomic mass is 10.0. The van der Waals surface area contributed by atoms with Gasteiger partial charge in [-0.2, -0.15) is 0 Å². The summed E-state index contributed by atoms with van der Waals surface area (Å²) in [6, 6.07) is 7.13. The summed E-state index contributed by atoms with van der Waals surface area (Å²) in [6.07, 6.45) is 0. The third-order valence-electron chi connectivity index (χ3n) is 3.40. The Bertz CT molecular complexity index is 375. The normalized spacial score (nSPS) is 24.1. The molecule has 0 saturated carbocycles. The van der Waals surface area contributed by atoms with Crippen molar-refractivity contribution in [3.63, 3.8) is 0 Å². The second kappa shape index (κ2) is 3.42. The summed E-state index contributed by atoms with van der Waals surface area (Å²) in [6.45, 7) is 6.59. The van der Waals surface area contributed by atoms with E-state index in [1.807, 2.05) is 0 Å². The van der Waals surface area contributed by atoms with Crippen LogP contribution in [0.5, 0.6) is 0 Å². The predicted molar refractivity (Wildman–Crippen MR) is 63.7 cm³/mol. The van der Waals surface area contributed by atoms with E-state index in [9.17, 15) is 0 Å². The first-order chi connectivity index (χ1) is 7.36. The van der Waals surface area contributed by atoms with Gasteiger partial charge in [-0.05, 0) is 18.6 Å². The lowest BCUT2D eigenvalue weighted by Gasteiger charge is -2.43. The van der Waals surface area contributed by atoms with E-state index in [0.29, 0.717) is 6.04 Å². The third-order valence-corrected chi connectivity index (χ3v) is 3.40. The van der Waals surface area contributed by atoms with Crippen molar-refractivity contribution >= 4 is 11.4 Å². The van der Waals surface area contributed by atoms with Crippen molar-refractivity contribution < 1.29 is 0 Å². The highest BCUT2D eigenvalue weighted by molar-refractivity contribution is 5.76. The maximum Gasteiger partial charge on any atom is 0.0635 e. The van der Waals surface area contributed by atoms with Gasteiger partial charge in [-0.15, -0.1) is 0 Å². The van der Waals surface area contributed by atoms with Crippen molar-refractivity contribution in [3.8, 4) is 0 Å². The van der Waals surface area contributed by atoms with E-state index in [1.54, 1.807) is 0 Å². The summed E-state index contributed by atoms with van der Waals surface area (Å²) in [4.78, 5) is 2.55. The Morgan fingerprint density at radius 2 is 2.27 bits per heavy atom. The van der Waals surface area contributed by atoms with Crippen LogP contribution in [-0.2, 0) is 0 Å². The SMILES string of the molecule is Cc1cccc2c1N1CCNCC1CN2. The molecule has 2 aliphatic rings. The summed E-state index contributed by atoms with van der Waals surface area (Å²) in [5.74, 6) is 0. The molecule has 1 aromatic carbocycles. The van der Waals surface area contributed by atoms with Gasteiger partial charge >= 0.3 is 0 Å². The first-order valence-corrected chi connectivity index (χ1v) is 5.67. The van der Waals surface area contributed by atoms with Gasteiger partial charge < -0.3 is 15.5 Å². The maximum atomic E-state index is 3.52. The lowest BCUT2D eigenvalue weighted by Crippen LogP contribution is -2.56. The zero-order valence-corrected chi connectivity index (χ0v) is 9.09. The van der Waals surface area contributed by atoms with E-state index in [2.05, 4.69) is 40.7 Å². The summed E-state index contributed by atoms with van der Waals surface area (Å²) in [5, 5.41) is 6.97. The Kier molecular flexibility index (Phi) is 2.06. The second-order valence-corrected chi connectivity index (χ2v) is 4.40. The highest BCUT2D eigenvalue weighted by Gasteiger charge is 2.28. The van der Waals surface area contributed by atoms with Gasteiger partial charge in [-0.1, -0.05) is 12.1 Å². The van der Waals surface area contributed by atoms with Gasteiger partial charge in [0.1, 0.15) is 0 Å². The molecule has 0 bridgehead atoms. The van der Waals surface area contributed by atoms with Gasteiger partial charge in [0.25, 0.3) is 0 Å². The van der Waals surface area contributed by atoms with E-state index >= 15 is 0 Å². The zero-order valence-electron chi connectivity index (χ0n) is 9.09. The van der Waals surface area contributed by atoms with Crippen LogP contribution in [0.1, 0.15) is 5.56 Å². The number of nitrogens with one attached hydrogen (secondary N) is 2. The van der Waals surface area contributed by atoms with E-state index in [4.69, 9.17) is 0 Å². The molecule has 3 rings (SSSR count). The molecule has 2 N–H and O–H groups in total. The van der Waals surface area contributed by atoms with Crippen LogP contribution in [0.25, 0.3) is 0 Å². The fraction of sp³-hybridized carbons (Fsp3) is 0.500. The van der Waals surface area contributed by atoms with Gasteiger partial charge in [-0.25, -0.2) is 0 Å². The van der Waals surface area contributed by atoms with E-state index in [0.717, 1.165) is 26.2 Å². The Labute approximate surface area is 90.5 Å². The molecule has 0 radical (unpaired) electrons. The fourth-order valence-electron chi connectivity index (χ4n) is 2.65. The number of fused-ring (bicyclic) bond motifs is 3. The number of piperazine rings is 1. The highest BCUT2D eigenvalue weighted by atomic mass is 15.3. The molecule has 80 valence electrons. The van der Waals surface area contributed by atoms with Gasteiger partial charge in [0.05, 0.1) is 17.4 Å². The van der Waals surface area contributed by atoms with Crippen LogP contribution < -0.4 is 15.5 Å². The molecule has 2 aliphatic heterocycles. The molecule has 1 saturated heterocycles. The van der Waals surface area contributed by atoms with Crippen LogP contribution >= 0.6 is 0 Å². The van der Waals surface area contributed by atoms with Crippen molar-refractivity contribution in [2.45, 2.75) is 13.0 Å². The predicted octanol–water partition coefficient (Wildman–Crippen LogP) is 1.20. The molecule has 2 heterocycles. The molecule has 1 atom stereocenters. The van der Waals surface area contributed by atoms with Gasteiger partial charge in [0.15, 0.2) is 0 Å². The molecule has 0 spiro atoms. The minimum atomic E-state index is 0.618. The van der Waals surface area contributed by atoms with Crippen LogP contribution in [-0.4, -0.2) is 32.2 Å². The molecule has 1 unspecified atom stereocenters. The number of anilines is 2. The topological polar surface area (TPSA) is 27.3 Å². The molecule has 0 aliphatic carbocycles. The summed E-state index contributed by atoms with van der Waals surface area (Å²) >= 11 is 0. The van der Waals surface area contributed by atoms with Crippen LogP contribution in [0.3, 0.4) is 0 Å².